The number of nitrogens with zero attached hydrogens (tertiary/aromatic N) is 1. The van der Waals surface area contributed by atoms with E-state index >= 15 is 0 Å². The first-order chi connectivity index (χ1) is 9.08. The molecule has 5 heteroatoms. The molecule has 0 aliphatic heterocycles. The highest BCUT2D eigenvalue weighted by atomic mass is 32.2. The van der Waals surface area contributed by atoms with Crippen molar-refractivity contribution in [3.63, 3.8) is 0 Å². The van der Waals surface area contributed by atoms with Crippen molar-refractivity contribution in [2.75, 3.05) is 6.54 Å². The Labute approximate surface area is 115 Å². The number of nitrogens with two attached hydrogens (primary N) is 1. The van der Waals surface area contributed by atoms with Gasteiger partial charge in [0.15, 0.2) is 0 Å². The molecule has 1 fully saturated rings. The van der Waals surface area contributed by atoms with Crippen molar-refractivity contribution in [1.29, 1.82) is 0 Å². The van der Waals surface area contributed by atoms with Gasteiger partial charge in [0, 0.05) is 19.1 Å². The summed E-state index contributed by atoms with van der Waals surface area (Å²) in [6.07, 6.45) is 2.85. The van der Waals surface area contributed by atoms with Crippen LogP contribution in [0.1, 0.15) is 37.3 Å². The molecule has 4 nitrogen and oxygen atoms in total. The molecule has 0 unspecified atom stereocenters. The summed E-state index contributed by atoms with van der Waals surface area (Å²) in [6, 6.07) is 7.74. The molecule has 0 amide bonds. The maximum Gasteiger partial charge on any atom is 0.218 e. The number of rotatable bonds is 7. The van der Waals surface area contributed by atoms with E-state index in [1.54, 1.807) is 4.31 Å². The molecule has 1 aliphatic carbocycles. The van der Waals surface area contributed by atoms with Crippen molar-refractivity contribution >= 4 is 10.0 Å². The van der Waals surface area contributed by atoms with E-state index in [0.717, 1.165) is 30.4 Å². The van der Waals surface area contributed by atoms with Gasteiger partial charge in [-0.15, -0.1) is 0 Å². The Morgan fingerprint density at radius 3 is 2.42 bits per heavy atom. The zero-order valence-electron chi connectivity index (χ0n) is 11.4. The zero-order valence-corrected chi connectivity index (χ0v) is 12.2. The summed E-state index contributed by atoms with van der Waals surface area (Å²) in [7, 11) is -3.23. The van der Waals surface area contributed by atoms with Gasteiger partial charge in [0.05, 0.1) is 5.75 Å². The van der Waals surface area contributed by atoms with Crippen molar-refractivity contribution in [1.82, 2.24) is 4.31 Å². The molecule has 19 heavy (non-hydrogen) atoms. The van der Waals surface area contributed by atoms with Crippen LogP contribution in [-0.4, -0.2) is 25.3 Å². The Kier molecular flexibility index (Phi) is 4.60. The first-order valence-corrected chi connectivity index (χ1v) is 8.45. The smallest absolute Gasteiger partial charge is 0.218 e. The lowest BCUT2D eigenvalue weighted by atomic mass is 10.1. The minimum absolute atomic E-state index is 0.0663. The molecule has 0 saturated heterocycles. The van der Waals surface area contributed by atoms with Crippen LogP contribution >= 0.6 is 0 Å². The molecule has 2 N–H and O–H groups in total. The predicted octanol–water partition coefficient (Wildman–Crippen LogP) is 1.85. The van der Waals surface area contributed by atoms with Gasteiger partial charge in [-0.1, -0.05) is 31.2 Å². The fourth-order valence-electron chi connectivity index (χ4n) is 2.31. The van der Waals surface area contributed by atoms with Crippen LogP contribution in [0.5, 0.6) is 0 Å². The number of sulfonamides is 1. The van der Waals surface area contributed by atoms with E-state index in [4.69, 9.17) is 5.73 Å². The fourth-order valence-corrected chi connectivity index (χ4v) is 4.27. The van der Waals surface area contributed by atoms with Crippen LogP contribution in [0.15, 0.2) is 24.3 Å². The fraction of sp³-hybridized carbons (Fsp3) is 0.571. The summed E-state index contributed by atoms with van der Waals surface area (Å²) in [5.41, 5.74) is 7.41. The van der Waals surface area contributed by atoms with Gasteiger partial charge in [0.25, 0.3) is 0 Å². The topological polar surface area (TPSA) is 63.4 Å². The Balaban J connectivity index is 2.19. The highest BCUT2D eigenvalue weighted by Crippen LogP contribution is 2.30. The van der Waals surface area contributed by atoms with Crippen LogP contribution in [0.4, 0.5) is 0 Å². The van der Waals surface area contributed by atoms with Crippen LogP contribution in [0.3, 0.4) is 0 Å². The molecule has 0 bridgehead atoms. The first-order valence-electron chi connectivity index (χ1n) is 6.85. The maximum absolute atomic E-state index is 12.5. The van der Waals surface area contributed by atoms with Crippen molar-refractivity contribution in [2.45, 2.75) is 44.5 Å². The molecular formula is C14H22N2O2S. The lowest BCUT2D eigenvalue weighted by Crippen LogP contribution is -2.35. The molecule has 0 aromatic heterocycles. The summed E-state index contributed by atoms with van der Waals surface area (Å²) >= 11 is 0. The third-order valence-electron chi connectivity index (χ3n) is 3.43. The molecule has 1 aliphatic rings. The third kappa shape index (κ3) is 3.55. The Hall–Kier alpha value is -0.910. The molecule has 0 radical (unpaired) electrons. The molecular weight excluding hydrogens is 260 g/mol. The van der Waals surface area contributed by atoms with Crippen LogP contribution in [-0.2, 0) is 22.3 Å². The van der Waals surface area contributed by atoms with E-state index in [2.05, 4.69) is 0 Å². The van der Waals surface area contributed by atoms with Gasteiger partial charge < -0.3 is 5.73 Å². The van der Waals surface area contributed by atoms with Crippen LogP contribution < -0.4 is 5.73 Å². The second kappa shape index (κ2) is 6.03. The minimum atomic E-state index is -3.23. The second-order valence-corrected chi connectivity index (χ2v) is 6.99. The number of benzene rings is 1. The van der Waals surface area contributed by atoms with Crippen LogP contribution in [0.25, 0.3) is 0 Å². The van der Waals surface area contributed by atoms with Gasteiger partial charge in [0.2, 0.25) is 10.0 Å². The monoisotopic (exact) mass is 282 g/mol. The Morgan fingerprint density at radius 1 is 1.26 bits per heavy atom. The zero-order chi connectivity index (χ0) is 13.9. The SMILES string of the molecule is CCCN(C1CC1)S(=O)(=O)Cc1ccccc1CN. The Morgan fingerprint density at radius 2 is 1.89 bits per heavy atom. The van der Waals surface area contributed by atoms with E-state index in [-0.39, 0.29) is 11.8 Å². The van der Waals surface area contributed by atoms with E-state index in [1.165, 1.54) is 0 Å². The largest absolute Gasteiger partial charge is 0.326 e. The van der Waals surface area contributed by atoms with Crippen molar-refractivity contribution in [3.05, 3.63) is 35.4 Å². The molecule has 1 saturated carbocycles. The molecule has 106 valence electrons. The lowest BCUT2D eigenvalue weighted by Gasteiger charge is -2.21. The highest BCUT2D eigenvalue weighted by molar-refractivity contribution is 7.88. The molecule has 2 rings (SSSR count). The lowest BCUT2D eigenvalue weighted by molar-refractivity contribution is 0.402. The summed E-state index contributed by atoms with van der Waals surface area (Å²) in [5.74, 6) is 0.0663. The van der Waals surface area contributed by atoms with Gasteiger partial charge in [-0.05, 0) is 30.4 Å². The van der Waals surface area contributed by atoms with Gasteiger partial charge >= 0.3 is 0 Å². The predicted molar refractivity (Wildman–Crippen MR) is 77.0 cm³/mol. The van der Waals surface area contributed by atoms with Crippen molar-refractivity contribution in [2.24, 2.45) is 5.73 Å². The van der Waals surface area contributed by atoms with E-state index in [0.29, 0.717) is 13.1 Å². The van der Waals surface area contributed by atoms with Crippen molar-refractivity contribution in [3.8, 4) is 0 Å². The standard InChI is InChI=1S/C14H22N2O2S/c1-2-9-16(14-7-8-14)19(17,18)11-13-6-4-3-5-12(13)10-15/h3-6,14H,2,7-11,15H2,1H3. The number of hydrogen-bond donors (Lipinski definition) is 1. The molecule has 1 aromatic rings. The summed E-state index contributed by atoms with van der Waals surface area (Å²) in [4.78, 5) is 0. The van der Waals surface area contributed by atoms with Crippen LogP contribution in [0.2, 0.25) is 0 Å². The normalized spacial score (nSPS) is 15.9. The minimum Gasteiger partial charge on any atom is -0.326 e. The van der Waals surface area contributed by atoms with Crippen LogP contribution in [0, 0.1) is 0 Å². The quantitative estimate of drug-likeness (QED) is 0.830. The molecule has 0 atom stereocenters. The van der Waals surface area contributed by atoms with E-state index < -0.39 is 10.0 Å². The van der Waals surface area contributed by atoms with Gasteiger partial charge in [-0.2, -0.15) is 4.31 Å². The number of hydrogen-bond acceptors (Lipinski definition) is 3. The van der Waals surface area contributed by atoms with Gasteiger partial charge in [-0.3, -0.25) is 0 Å². The van der Waals surface area contributed by atoms with Crippen molar-refractivity contribution < 1.29 is 8.42 Å². The summed E-state index contributed by atoms with van der Waals surface area (Å²) < 4.78 is 26.7. The molecule has 1 aromatic carbocycles. The average Bonchev–Trinajstić information content (AvgIpc) is 3.20. The summed E-state index contributed by atoms with van der Waals surface area (Å²) in [6.45, 7) is 3.01. The second-order valence-electron chi connectivity index (χ2n) is 5.07. The molecule has 0 spiro atoms. The Bertz CT molecular complexity index is 524. The average molecular weight is 282 g/mol. The third-order valence-corrected chi connectivity index (χ3v) is 5.30. The first kappa shape index (κ1) is 14.5. The molecule has 0 heterocycles. The maximum atomic E-state index is 12.5. The van der Waals surface area contributed by atoms with E-state index in [1.807, 2.05) is 31.2 Å². The summed E-state index contributed by atoms with van der Waals surface area (Å²) in [5, 5.41) is 0. The van der Waals surface area contributed by atoms with Gasteiger partial charge in [0.1, 0.15) is 0 Å². The highest BCUT2D eigenvalue weighted by Gasteiger charge is 2.36. The van der Waals surface area contributed by atoms with E-state index in [9.17, 15) is 8.42 Å². The van der Waals surface area contributed by atoms with Gasteiger partial charge in [-0.25, -0.2) is 8.42 Å².